The van der Waals surface area contributed by atoms with E-state index in [4.69, 9.17) is 4.74 Å². The lowest BCUT2D eigenvalue weighted by Gasteiger charge is -2.16. The van der Waals surface area contributed by atoms with Crippen LogP contribution in [-0.2, 0) is 22.7 Å². The number of hydrogen-bond acceptors (Lipinski definition) is 5. The molecule has 4 amide bonds. The molecule has 1 aliphatic heterocycles. The van der Waals surface area contributed by atoms with Crippen LogP contribution in [0.5, 0.6) is 5.88 Å². The summed E-state index contributed by atoms with van der Waals surface area (Å²) < 4.78 is 5.78. The number of nitrogens with zero attached hydrogens (tertiary/aromatic N) is 2. The molecule has 1 aliphatic rings. The van der Waals surface area contributed by atoms with Crippen LogP contribution >= 0.6 is 0 Å². The third-order valence-corrected chi connectivity index (χ3v) is 4.55. The van der Waals surface area contributed by atoms with Crippen LogP contribution < -0.4 is 15.4 Å². The Labute approximate surface area is 169 Å². The third kappa shape index (κ3) is 5.10. The summed E-state index contributed by atoms with van der Waals surface area (Å²) >= 11 is 0. The van der Waals surface area contributed by atoms with E-state index in [0.717, 1.165) is 16.0 Å². The number of amides is 4. The minimum atomic E-state index is -0.936. The molecule has 8 heteroatoms. The largest absolute Gasteiger partial charge is 0.473 e. The maximum Gasteiger partial charge on any atom is 0.325 e. The van der Waals surface area contributed by atoms with Gasteiger partial charge in [0.1, 0.15) is 12.1 Å². The molecule has 152 valence electrons. The van der Waals surface area contributed by atoms with Gasteiger partial charge in [0.2, 0.25) is 11.8 Å². The average molecular weight is 396 g/mol. The van der Waals surface area contributed by atoms with Crippen molar-refractivity contribution in [3.63, 3.8) is 0 Å². The summed E-state index contributed by atoms with van der Waals surface area (Å²) in [6.07, 6.45) is 1.65. The Hall–Kier alpha value is -3.42. The number of ether oxygens (including phenoxy) is 1. The van der Waals surface area contributed by atoms with E-state index >= 15 is 0 Å². The first kappa shape index (κ1) is 20.3. The number of imide groups is 1. The summed E-state index contributed by atoms with van der Waals surface area (Å²) in [4.78, 5) is 41.5. The van der Waals surface area contributed by atoms with Gasteiger partial charge < -0.3 is 15.4 Å². The first-order valence-corrected chi connectivity index (χ1v) is 9.38. The normalized spacial score (nSPS) is 15.2. The highest BCUT2D eigenvalue weighted by Gasteiger charge is 2.43. The number of carbonyl (C=O) groups excluding carboxylic acids is 3. The van der Waals surface area contributed by atoms with Gasteiger partial charge in [0.25, 0.3) is 5.91 Å². The van der Waals surface area contributed by atoms with Crippen molar-refractivity contribution in [2.75, 3.05) is 6.54 Å². The molecule has 1 aromatic carbocycles. The lowest BCUT2D eigenvalue weighted by Crippen LogP contribution is -2.40. The molecule has 1 fully saturated rings. The Balaban J connectivity index is 1.50. The minimum absolute atomic E-state index is 0.0235. The molecule has 0 atom stereocenters. The van der Waals surface area contributed by atoms with E-state index in [2.05, 4.69) is 15.6 Å². The zero-order valence-corrected chi connectivity index (χ0v) is 16.5. The summed E-state index contributed by atoms with van der Waals surface area (Å²) in [6, 6.07) is 12.8. The molecule has 0 aliphatic carbocycles. The lowest BCUT2D eigenvalue weighted by atomic mass is 10.1. The molecule has 29 heavy (non-hydrogen) atoms. The predicted molar refractivity (Wildman–Crippen MR) is 106 cm³/mol. The zero-order valence-electron chi connectivity index (χ0n) is 16.5. The van der Waals surface area contributed by atoms with E-state index in [0.29, 0.717) is 12.5 Å². The Morgan fingerprint density at radius 1 is 1.17 bits per heavy atom. The van der Waals surface area contributed by atoms with E-state index in [1.165, 1.54) is 0 Å². The summed E-state index contributed by atoms with van der Waals surface area (Å²) in [5.74, 6) is -0.153. The number of hydrogen-bond donors (Lipinski definition) is 2. The first-order chi connectivity index (χ1) is 13.9. The monoisotopic (exact) mass is 396 g/mol. The molecule has 2 N–H and O–H groups in total. The summed E-state index contributed by atoms with van der Waals surface area (Å²) in [5, 5.41) is 5.37. The molecule has 1 saturated heterocycles. The van der Waals surface area contributed by atoms with Gasteiger partial charge in [-0.1, -0.05) is 36.4 Å². The lowest BCUT2D eigenvalue weighted by molar-refractivity contribution is -0.130. The molecule has 0 radical (unpaired) electrons. The van der Waals surface area contributed by atoms with Gasteiger partial charge in [-0.05, 0) is 25.5 Å². The Morgan fingerprint density at radius 3 is 2.62 bits per heavy atom. The predicted octanol–water partition coefficient (Wildman–Crippen LogP) is 2.00. The quantitative estimate of drug-likeness (QED) is 0.665. The van der Waals surface area contributed by atoms with Gasteiger partial charge >= 0.3 is 6.03 Å². The second-order valence-electron chi connectivity index (χ2n) is 7.28. The SMILES string of the molecule is CC1(C)NC(=O)N(CCC(=O)NCc2cccnc2OCc2ccccc2)C1=O. The maximum absolute atomic E-state index is 12.2. The van der Waals surface area contributed by atoms with Crippen LogP contribution in [-0.4, -0.2) is 39.8 Å². The first-order valence-electron chi connectivity index (χ1n) is 9.38. The van der Waals surface area contributed by atoms with Crippen molar-refractivity contribution in [2.45, 2.75) is 39.0 Å². The summed E-state index contributed by atoms with van der Waals surface area (Å²) in [7, 11) is 0. The van der Waals surface area contributed by atoms with Crippen LogP contribution in [0.1, 0.15) is 31.4 Å². The van der Waals surface area contributed by atoms with Crippen molar-refractivity contribution in [1.82, 2.24) is 20.5 Å². The summed E-state index contributed by atoms with van der Waals surface area (Å²) in [5.41, 5.74) is 0.825. The van der Waals surface area contributed by atoms with Crippen LogP contribution in [0.4, 0.5) is 4.79 Å². The van der Waals surface area contributed by atoms with Crippen LogP contribution in [0.25, 0.3) is 0 Å². The van der Waals surface area contributed by atoms with Crippen molar-refractivity contribution in [1.29, 1.82) is 0 Å². The van der Waals surface area contributed by atoms with E-state index < -0.39 is 11.6 Å². The molecule has 3 rings (SSSR count). The van der Waals surface area contributed by atoms with Gasteiger partial charge in [0.15, 0.2) is 0 Å². The fourth-order valence-electron chi connectivity index (χ4n) is 2.93. The highest BCUT2D eigenvalue weighted by atomic mass is 16.5. The number of benzene rings is 1. The standard InChI is InChI=1S/C21H24N4O4/c1-21(2)19(27)25(20(28)24-21)12-10-17(26)23-13-16-9-6-11-22-18(16)29-14-15-7-4-3-5-8-15/h3-9,11H,10,12-14H2,1-2H3,(H,23,26)(H,24,28). The highest BCUT2D eigenvalue weighted by Crippen LogP contribution is 2.17. The zero-order chi connectivity index (χ0) is 20.9. The average Bonchev–Trinajstić information content (AvgIpc) is 2.91. The molecule has 0 spiro atoms. The summed E-state index contributed by atoms with van der Waals surface area (Å²) in [6.45, 7) is 3.91. The van der Waals surface area contributed by atoms with E-state index in [1.807, 2.05) is 36.4 Å². The van der Waals surface area contributed by atoms with Crippen LogP contribution in [0.3, 0.4) is 0 Å². The van der Waals surface area contributed by atoms with Crippen molar-refractivity contribution in [3.8, 4) is 5.88 Å². The van der Waals surface area contributed by atoms with Gasteiger partial charge in [0, 0.05) is 31.3 Å². The molecule has 2 heterocycles. The van der Waals surface area contributed by atoms with E-state index in [9.17, 15) is 14.4 Å². The fraction of sp³-hybridized carbons (Fsp3) is 0.333. The molecule has 2 aromatic rings. The number of nitrogens with one attached hydrogen (secondary N) is 2. The Morgan fingerprint density at radius 2 is 1.93 bits per heavy atom. The van der Waals surface area contributed by atoms with Gasteiger partial charge in [-0.25, -0.2) is 9.78 Å². The van der Waals surface area contributed by atoms with Crippen molar-refractivity contribution >= 4 is 17.8 Å². The fourth-order valence-corrected chi connectivity index (χ4v) is 2.93. The van der Waals surface area contributed by atoms with E-state index in [-0.39, 0.29) is 31.3 Å². The molecule has 1 aromatic heterocycles. The number of aromatic nitrogens is 1. The second kappa shape index (κ2) is 8.72. The minimum Gasteiger partial charge on any atom is -0.473 e. The molecular weight excluding hydrogens is 372 g/mol. The van der Waals surface area contributed by atoms with Crippen molar-refractivity contribution in [3.05, 3.63) is 59.8 Å². The Kier molecular flexibility index (Phi) is 6.11. The van der Waals surface area contributed by atoms with Gasteiger partial charge in [-0.3, -0.25) is 14.5 Å². The number of urea groups is 1. The second-order valence-corrected chi connectivity index (χ2v) is 7.28. The maximum atomic E-state index is 12.2. The molecule has 0 unspecified atom stereocenters. The molecular formula is C21H24N4O4. The third-order valence-electron chi connectivity index (χ3n) is 4.55. The highest BCUT2D eigenvalue weighted by molar-refractivity contribution is 6.06. The van der Waals surface area contributed by atoms with Crippen LogP contribution in [0.2, 0.25) is 0 Å². The molecule has 8 nitrogen and oxygen atoms in total. The van der Waals surface area contributed by atoms with Crippen LogP contribution in [0, 0.1) is 0 Å². The number of rotatable bonds is 8. The topological polar surface area (TPSA) is 101 Å². The number of carbonyl (C=O) groups is 3. The van der Waals surface area contributed by atoms with Crippen LogP contribution in [0.15, 0.2) is 48.7 Å². The van der Waals surface area contributed by atoms with Gasteiger partial charge in [0.05, 0.1) is 0 Å². The van der Waals surface area contributed by atoms with Crippen molar-refractivity contribution in [2.24, 2.45) is 0 Å². The van der Waals surface area contributed by atoms with E-state index in [1.54, 1.807) is 26.1 Å². The van der Waals surface area contributed by atoms with Gasteiger partial charge in [-0.15, -0.1) is 0 Å². The number of pyridine rings is 1. The molecule has 0 bridgehead atoms. The van der Waals surface area contributed by atoms with Gasteiger partial charge in [-0.2, -0.15) is 0 Å². The molecule has 0 saturated carbocycles. The van der Waals surface area contributed by atoms with Crippen molar-refractivity contribution < 1.29 is 19.1 Å². The Bertz CT molecular complexity index is 899. The smallest absolute Gasteiger partial charge is 0.325 e.